The molecule has 2 aromatic carbocycles. The first-order valence-electron chi connectivity index (χ1n) is 8.88. The van der Waals surface area contributed by atoms with E-state index in [1.54, 1.807) is 6.07 Å². The Kier molecular flexibility index (Phi) is 6.70. The minimum atomic E-state index is -0.540. The predicted molar refractivity (Wildman–Crippen MR) is 109 cm³/mol. The molecule has 0 saturated heterocycles. The van der Waals surface area contributed by atoms with Crippen molar-refractivity contribution >= 4 is 28.9 Å². The first kappa shape index (κ1) is 20.9. The second-order valence-electron chi connectivity index (χ2n) is 6.48. The van der Waals surface area contributed by atoms with Crippen LogP contribution in [0.2, 0.25) is 0 Å². The van der Waals surface area contributed by atoms with Crippen molar-refractivity contribution in [1.29, 1.82) is 0 Å². The highest BCUT2D eigenvalue weighted by Crippen LogP contribution is 2.26. The number of hydrogen-bond donors (Lipinski definition) is 2. The zero-order chi connectivity index (χ0) is 20.8. The van der Waals surface area contributed by atoms with Gasteiger partial charge in [-0.1, -0.05) is 12.1 Å². The van der Waals surface area contributed by atoms with E-state index >= 15 is 0 Å². The van der Waals surface area contributed by atoms with Gasteiger partial charge in [-0.25, -0.2) is 0 Å². The number of rotatable bonds is 7. The van der Waals surface area contributed by atoms with Crippen molar-refractivity contribution < 1.29 is 14.5 Å². The molecule has 0 aliphatic rings. The number of anilines is 2. The third-order valence-corrected chi connectivity index (χ3v) is 4.41. The molecule has 2 aromatic rings. The van der Waals surface area contributed by atoms with E-state index in [1.165, 1.54) is 30.1 Å². The average Bonchev–Trinajstić information content (AvgIpc) is 2.65. The molecule has 0 fully saturated rings. The average molecular weight is 384 g/mol. The molecule has 0 aliphatic carbocycles. The van der Waals surface area contributed by atoms with Crippen LogP contribution in [0.15, 0.2) is 36.4 Å². The summed E-state index contributed by atoms with van der Waals surface area (Å²) in [6, 6.07) is 9.82. The van der Waals surface area contributed by atoms with Crippen LogP contribution >= 0.6 is 0 Å². The summed E-state index contributed by atoms with van der Waals surface area (Å²) in [6.07, 6.45) is 0. The molecule has 8 nitrogen and oxygen atoms in total. The van der Waals surface area contributed by atoms with E-state index in [9.17, 15) is 19.7 Å². The summed E-state index contributed by atoms with van der Waals surface area (Å²) in [5, 5.41) is 16.9. The zero-order valence-electron chi connectivity index (χ0n) is 16.4. The van der Waals surface area contributed by atoms with Crippen LogP contribution in [0.5, 0.6) is 0 Å². The van der Waals surface area contributed by atoms with Crippen LogP contribution in [0.25, 0.3) is 0 Å². The van der Waals surface area contributed by atoms with Crippen molar-refractivity contribution in [2.24, 2.45) is 0 Å². The first-order chi connectivity index (χ1) is 13.2. The number of nitrogens with one attached hydrogen (secondary N) is 2. The van der Waals surface area contributed by atoms with Crippen molar-refractivity contribution in [3.8, 4) is 0 Å². The summed E-state index contributed by atoms with van der Waals surface area (Å²) >= 11 is 0. The first-order valence-corrected chi connectivity index (χ1v) is 8.88. The van der Waals surface area contributed by atoms with Gasteiger partial charge in [0.15, 0.2) is 0 Å². The lowest BCUT2D eigenvalue weighted by Gasteiger charge is -2.18. The fourth-order valence-electron chi connectivity index (χ4n) is 2.74. The van der Waals surface area contributed by atoms with Gasteiger partial charge in [0.25, 0.3) is 11.6 Å². The number of likely N-dealkylation sites (N-methyl/N-ethyl adjacent to an activating group) is 1. The minimum absolute atomic E-state index is 0.149. The Morgan fingerprint density at radius 3 is 2.50 bits per heavy atom. The maximum absolute atomic E-state index is 12.6. The van der Waals surface area contributed by atoms with Gasteiger partial charge < -0.3 is 15.5 Å². The molecule has 28 heavy (non-hydrogen) atoms. The monoisotopic (exact) mass is 384 g/mol. The molecular formula is C20H24N4O4. The topological polar surface area (TPSA) is 105 Å². The Hall–Kier alpha value is -3.42. The minimum Gasteiger partial charge on any atom is -0.380 e. The van der Waals surface area contributed by atoms with Crippen molar-refractivity contribution in [3.05, 3.63) is 63.2 Å². The smallest absolute Gasteiger partial charge is 0.293 e. The van der Waals surface area contributed by atoms with Gasteiger partial charge in [-0.3, -0.25) is 19.7 Å². The van der Waals surface area contributed by atoms with Gasteiger partial charge in [0.1, 0.15) is 5.69 Å². The molecule has 0 saturated carbocycles. The molecule has 0 bridgehead atoms. The van der Waals surface area contributed by atoms with Gasteiger partial charge in [0, 0.05) is 30.9 Å². The lowest BCUT2D eigenvalue weighted by Crippen LogP contribution is -2.35. The molecule has 0 unspecified atom stereocenters. The highest BCUT2D eigenvalue weighted by molar-refractivity contribution is 6.00. The normalized spacial score (nSPS) is 10.3. The Bertz CT molecular complexity index is 911. The zero-order valence-corrected chi connectivity index (χ0v) is 16.4. The molecule has 2 amide bonds. The van der Waals surface area contributed by atoms with Gasteiger partial charge >= 0.3 is 0 Å². The molecule has 0 aromatic heterocycles. The molecular weight excluding hydrogens is 360 g/mol. The summed E-state index contributed by atoms with van der Waals surface area (Å²) in [5.74, 6) is -0.814. The number of nitro benzene ring substituents is 1. The Morgan fingerprint density at radius 1 is 1.14 bits per heavy atom. The highest BCUT2D eigenvalue weighted by atomic mass is 16.6. The van der Waals surface area contributed by atoms with Crippen molar-refractivity contribution in [3.63, 3.8) is 0 Å². The molecule has 0 spiro atoms. The molecule has 0 aliphatic heterocycles. The van der Waals surface area contributed by atoms with Crippen LogP contribution in [0.1, 0.15) is 28.4 Å². The van der Waals surface area contributed by atoms with Crippen LogP contribution in [-0.2, 0) is 4.79 Å². The van der Waals surface area contributed by atoms with Gasteiger partial charge in [-0.2, -0.15) is 0 Å². The molecule has 0 heterocycles. The van der Waals surface area contributed by atoms with E-state index in [2.05, 4.69) is 10.6 Å². The van der Waals surface area contributed by atoms with Gasteiger partial charge in [0.2, 0.25) is 5.91 Å². The number of aryl methyl sites for hydroxylation is 1. The third kappa shape index (κ3) is 4.85. The summed E-state index contributed by atoms with van der Waals surface area (Å²) < 4.78 is 0. The Morgan fingerprint density at radius 2 is 1.86 bits per heavy atom. The quantitative estimate of drug-likeness (QED) is 0.563. The number of carbonyl (C=O) groups excluding carboxylic acids is 2. The van der Waals surface area contributed by atoms with E-state index in [-0.39, 0.29) is 23.7 Å². The number of nitro groups is 1. The third-order valence-electron chi connectivity index (χ3n) is 4.41. The van der Waals surface area contributed by atoms with Crippen molar-refractivity contribution in [2.45, 2.75) is 20.8 Å². The lowest BCUT2D eigenvalue weighted by atomic mass is 10.1. The number of carbonyl (C=O) groups is 2. The van der Waals surface area contributed by atoms with Gasteiger partial charge in [-0.15, -0.1) is 0 Å². The van der Waals surface area contributed by atoms with Crippen LogP contribution in [-0.4, -0.2) is 41.8 Å². The second kappa shape index (κ2) is 8.98. The predicted octanol–water partition coefficient (Wildman–Crippen LogP) is 3.35. The highest BCUT2D eigenvalue weighted by Gasteiger charge is 2.20. The molecule has 8 heteroatoms. The van der Waals surface area contributed by atoms with E-state index < -0.39 is 10.8 Å². The molecule has 0 atom stereocenters. The van der Waals surface area contributed by atoms with E-state index in [1.807, 2.05) is 32.9 Å². The van der Waals surface area contributed by atoms with Crippen LogP contribution < -0.4 is 10.6 Å². The van der Waals surface area contributed by atoms with E-state index in [4.69, 9.17) is 0 Å². The summed E-state index contributed by atoms with van der Waals surface area (Å²) in [5.41, 5.74) is 3.02. The lowest BCUT2D eigenvalue weighted by molar-refractivity contribution is -0.384. The molecule has 0 radical (unpaired) electrons. The van der Waals surface area contributed by atoms with Gasteiger partial charge in [0.05, 0.1) is 11.5 Å². The maximum Gasteiger partial charge on any atom is 0.293 e. The number of hydrogen-bond acceptors (Lipinski definition) is 5. The number of nitrogens with zero attached hydrogens (tertiary/aromatic N) is 2. The van der Waals surface area contributed by atoms with Gasteiger partial charge in [-0.05, 0) is 50.1 Å². The fourth-order valence-corrected chi connectivity index (χ4v) is 2.74. The van der Waals surface area contributed by atoms with Crippen molar-refractivity contribution in [2.75, 3.05) is 30.8 Å². The Labute approximate surface area is 163 Å². The van der Waals surface area contributed by atoms with Crippen LogP contribution in [0.4, 0.5) is 17.1 Å². The van der Waals surface area contributed by atoms with E-state index in [0.717, 1.165) is 11.1 Å². The number of benzene rings is 2. The van der Waals surface area contributed by atoms with Crippen LogP contribution in [0.3, 0.4) is 0 Å². The van der Waals surface area contributed by atoms with Crippen molar-refractivity contribution in [1.82, 2.24) is 4.90 Å². The SMILES string of the molecule is CCNc1ccc(C(=O)N(C)CC(=O)Nc2cccc(C)c2C)cc1[N+](=O)[O-]. The summed E-state index contributed by atoms with van der Waals surface area (Å²) in [7, 11) is 1.48. The molecule has 148 valence electrons. The molecule has 2 rings (SSSR count). The van der Waals surface area contributed by atoms with Crippen LogP contribution in [0, 0.1) is 24.0 Å². The molecule has 2 N–H and O–H groups in total. The maximum atomic E-state index is 12.6. The number of amides is 2. The summed E-state index contributed by atoms with van der Waals surface area (Å²) in [6.45, 7) is 6.03. The standard InChI is InChI=1S/C20H24N4O4/c1-5-21-17-10-9-15(11-18(17)24(27)28)20(26)23(4)12-19(25)22-16-8-6-7-13(2)14(16)3/h6-11,21H,5,12H2,1-4H3,(H,22,25). The largest absolute Gasteiger partial charge is 0.380 e. The summed E-state index contributed by atoms with van der Waals surface area (Å²) in [4.78, 5) is 36.9. The second-order valence-corrected chi connectivity index (χ2v) is 6.48. The fraction of sp³-hybridized carbons (Fsp3) is 0.300. The van der Waals surface area contributed by atoms with E-state index in [0.29, 0.717) is 17.9 Å². The Balaban J connectivity index is 2.11.